The van der Waals surface area contributed by atoms with E-state index in [4.69, 9.17) is 23.2 Å². The van der Waals surface area contributed by atoms with Crippen LogP contribution in [0.5, 0.6) is 0 Å². The van der Waals surface area contributed by atoms with Crippen molar-refractivity contribution in [1.82, 2.24) is 0 Å². The van der Waals surface area contributed by atoms with Crippen molar-refractivity contribution in [2.45, 2.75) is 38.0 Å². The highest BCUT2D eigenvalue weighted by Gasteiger charge is 2.32. The molecule has 1 N–H and O–H groups in total. The second-order valence-corrected chi connectivity index (χ2v) is 6.61. The van der Waals surface area contributed by atoms with Gasteiger partial charge in [-0.05, 0) is 35.4 Å². The third kappa shape index (κ3) is 2.36. The van der Waals surface area contributed by atoms with Gasteiger partial charge in [0.15, 0.2) is 0 Å². The summed E-state index contributed by atoms with van der Waals surface area (Å²) in [7, 11) is 0. The van der Waals surface area contributed by atoms with Crippen LogP contribution in [0.15, 0.2) is 12.1 Å². The van der Waals surface area contributed by atoms with Crippen molar-refractivity contribution in [2.24, 2.45) is 11.8 Å². The summed E-state index contributed by atoms with van der Waals surface area (Å²) in [6.45, 7) is 2.26. The molecule has 3 unspecified atom stereocenters. The number of amides is 1. The predicted octanol–water partition coefficient (Wildman–Crippen LogP) is 4.55. The number of hydrogen-bond acceptors (Lipinski definition) is 1. The van der Waals surface area contributed by atoms with Gasteiger partial charge in [-0.25, -0.2) is 0 Å². The Morgan fingerprint density at radius 3 is 2.84 bits per heavy atom. The van der Waals surface area contributed by atoms with Gasteiger partial charge in [-0.3, -0.25) is 4.79 Å². The first kappa shape index (κ1) is 13.3. The fraction of sp³-hybridized carbons (Fsp3) is 0.533. The number of rotatable bonds is 2. The predicted molar refractivity (Wildman–Crippen MR) is 78.9 cm³/mol. The minimum atomic E-state index is -0.0500. The van der Waals surface area contributed by atoms with E-state index in [1.165, 1.54) is 19.3 Å². The minimum Gasteiger partial charge on any atom is -0.325 e. The molecule has 3 rings (SSSR count). The maximum absolute atomic E-state index is 11.4. The highest BCUT2D eigenvalue weighted by Crippen LogP contribution is 2.46. The summed E-state index contributed by atoms with van der Waals surface area (Å²) in [5.41, 5.74) is 2.83. The fourth-order valence-electron chi connectivity index (χ4n) is 3.32. The molecule has 1 aromatic rings. The first-order valence-electron chi connectivity index (χ1n) is 6.82. The van der Waals surface area contributed by atoms with E-state index in [1.807, 2.05) is 12.1 Å². The Morgan fingerprint density at radius 1 is 1.37 bits per heavy atom. The molecule has 0 aromatic heterocycles. The Balaban J connectivity index is 1.93. The van der Waals surface area contributed by atoms with Gasteiger partial charge in [-0.2, -0.15) is 0 Å². The van der Waals surface area contributed by atoms with Crippen LogP contribution < -0.4 is 5.32 Å². The normalized spacial score (nSPS) is 27.2. The molecule has 3 atom stereocenters. The molecule has 1 saturated carbocycles. The lowest BCUT2D eigenvalue weighted by Crippen LogP contribution is -2.11. The monoisotopic (exact) mass is 297 g/mol. The van der Waals surface area contributed by atoms with Gasteiger partial charge in [0, 0.05) is 10.7 Å². The van der Waals surface area contributed by atoms with Gasteiger partial charge in [0.2, 0.25) is 5.91 Å². The zero-order valence-electron chi connectivity index (χ0n) is 10.9. The summed E-state index contributed by atoms with van der Waals surface area (Å²) >= 11 is 13.0. The first-order chi connectivity index (χ1) is 9.06. The lowest BCUT2D eigenvalue weighted by molar-refractivity contribution is -0.115. The standard InChI is InChI=1S/C15H17Cl2NO/c1-8-3-2-4-10(8)15(17)11-5-9-6-14(19)18-13(9)7-12(11)16/h5,7-8,10,15H,2-4,6H2,1H3,(H,18,19). The molecule has 19 heavy (non-hydrogen) atoms. The number of anilines is 1. The van der Waals surface area contributed by atoms with Gasteiger partial charge >= 0.3 is 0 Å². The van der Waals surface area contributed by atoms with E-state index in [1.54, 1.807) is 0 Å². The number of halogens is 2. The van der Waals surface area contributed by atoms with Gasteiger partial charge in [-0.1, -0.05) is 37.4 Å². The molecule has 1 fully saturated rings. The topological polar surface area (TPSA) is 29.1 Å². The lowest BCUT2D eigenvalue weighted by atomic mass is 9.89. The van der Waals surface area contributed by atoms with Gasteiger partial charge < -0.3 is 5.32 Å². The van der Waals surface area contributed by atoms with Crippen LogP contribution in [-0.4, -0.2) is 5.91 Å². The average Bonchev–Trinajstić information content (AvgIpc) is 2.92. The molecule has 1 aliphatic heterocycles. The van der Waals surface area contributed by atoms with E-state index in [9.17, 15) is 4.79 Å². The highest BCUT2D eigenvalue weighted by atomic mass is 35.5. The zero-order valence-corrected chi connectivity index (χ0v) is 12.4. The number of fused-ring (bicyclic) bond motifs is 1. The number of hydrogen-bond donors (Lipinski definition) is 1. The summed E-state index contributed by atoms with van der Waals surface area (Å²) in [4.78, 5) is 11.4. The van der Waals surface area contributed by atoms with Gasteiger partial charge in [0.05, 0.1) is 11.8 Å². The number of carbonyl (C=O) groups excluding carboxylic acids is 1. The molecule has 1 amide bonds. The molecule has 1 aromatic carbocycles. The molecule has 102 valence electrons. The van der Waals surface area contributed by atoms with E-state index in [0.29, 0.717) is 23.3 Å². The molecular formula is C15H17Cl2NO. The molecule has 2 nitrogen and oxygen atoms in total. The summed E-state index contributed by atoms with van der Waals surface area (Å²) in [5, 5.41) is 3.43. The van der Waals surface area contributed by atoms with Crippen LogP contribution in [-0.2, 0) is 11.2 Å². The van der Waals surface area contributed by atoms with Crippen molar-refractivity contribution in [1.29, 1.82) is 0 Å². The van der Waals surface area contributed by atoms with E-state index in [0.717, 1.165) is 16.8 Å². The Bertz CT molecular complexity index is 529. The SMILES string of the molecule is CC1CCCC1C(Cl)c1cc2c(cc1Cl)NC(=O)C2. The maximum atomic E-state index is 11.4. The van der Waals surface area contributed by atoms with E-state index in [-0.39, 0.29) is 11.3 Å². The molecular weight excluding hydrogens is 281 g/mol. The number of alkyl halides is 1. The molecule has 1 aliphatic carbocycles. The molecule has 2 aliphatic rings. The van der Waals surface area contributed by atoms with Gasteiger partial charge in [-0.15, -0.1) is 11.6 Å². The van der Waals surface area contributed by atoms with Crippen molar-refractivity contribution in [2.75, 3.05) is 5.32 Å². The fourth-order valence-corrected chi connectivity index (χ4v) is 4.21. The van der Waals surface area contributed by atoms with E-state index >= 15 is 0 Å². The van der Waals surface area contributed by atoms with Gasteiger partial charge in [0.1, 0.15) is 0 Å². The van der Waals surface area contributed by atoms with Crippen molar-refractivity contribution in [3.05, 3.63) is 28.3 Å². The Labute approximate surface area is 123 Å². The average molecular weight is 298 g/mol. The molecule has 0 radical (unpaired) electrons. The van der Waals surface area contributed by atoms with Crippen LogP contribution in [0.4, 0.5) is 5.69 Å². The second kappa shape index (κ2) is 4.99. The minimum absolute atomic E-state index is 0.0311. The zero-order chi connectivity index (χ0) is 13.6. The van der Waals surface area contributed by atoms with Crippen molar-refractivity contribution >= 4 is 34.8 Å². The summed E-state index contributed by atoms with van der Waals surface area (Å²) in [5.74, 6) is 1.16. The lowest BCUT2D eigenvalue weighted by Gasteiger charge is -2.23. The molecule has 0 saturated heterocycles. The highest BCUT2D eigenvalue weighted by molar-refractivity contribution is 6.33. The van der Waals surface area contributed by atoms with E-state index in [2.05, 4.69) is 12.2 Å². The number of carbonyl (C=O) groups is 1. The molecule has 1 heterocycles. The summed E-state index contributed by atoms with van der Waals surface area (Å²) in [6.07, 6.45) is 4.09. The third-order valence-electron chi connectivity index (χ3n) is 4.45. The smallest absolute Gasteiger partial charge is 0.228 e. The Morgan fingerprint density at radius 2 is 2.16 bits per heavy atom. The molecule has 0 spiro atoms. The van der Waals surface area contributed by atoms with Crippen LogP contribution in [0.25, 0.3) is 0 Å². The summed E-state index contributed by atoms with van der Waals surface area (Å²) < 4.78 is 0. The van der Waals surface area contributed by atoms with Crippen LogP contribution in [0, 0.1) is 11.8 Å². The van der Waals surface area contributed by atoms with Crippen LogP contribution in [0.2, 0.25) is 5.02 Å². The maximum Gasteiger partial charge on any atom is 0.228 e. The van der Waals surface area contributed by atoms with Crippen molar-refractivity contribution in [3.63, 3.8) is 0 Å². The van der Waals surface area contributed by atoms with Crippen LogP contribution in [0.3, 0.4) is 0 Å². The van der Waals surface area contributed by atoms with Crippen molar-refractivity contribution < 1.29 is 4.79 Å². The Hall–Kier alpha value is -0.730. The second-order valence-electron chi connectivity index (χ2n) is 5.73. The van der Waals surface area contributed by atoms with Crippen LogP contribution >= 0.6 is 23.2 Å². The first-order valence-corrected chi connectivity index (χ1v) is 7.64. The van der Waals surface area contributed by atoms with Crippen LogP contribution in [0.1, 0.15) is 42.7 Å². The molecule has 4 heteroatoms. The molecule has 0 bridgehead atoms. The third-order valence-corrected chi connectivity index (χ3v) is 5.33. The van der Waals surface area contributed by atoms with Gasteiger partial charge in [0.25, 0.3) is 0 Å². The Kier molecular flexibility index (Phi) is 3.48. The van der Waals surface area contributed by atoms with E-state index < -0.39 is 0 Å². The quantitative estimate of drug-likeness (QED) is 0.797. The summed E-state index contributed by atoms with van der Waals surface area (Å²) in [6, 6.07) is 3.85. The van der Waals surface area contributed by atoms with Crippen molar-refractivity contribution in [3.8, 4) is 0 Å². The number of nitrogens with one attached hydrogen (secondary N) is 1. The largest absolute Gasteiger partial charge is 0.325 e. The number of benzene rings is 1.